The van der Waals surface area contributed by atoms with Gasteiger partial charge in [0.2, 0.25) is 5.91 Å². The first-order valence-electron chi connectivity index (χ1n) is 11.1. The van der Waals surface area contributed by atoms with E-state index < -0.39 is 0 Å². The molecule has 7 heteroatoms. The fourth-order valence-corrected chi connectivity index (χ4v) is 4.63. The second kappa shape index (κ2) is 10.0. The molecule has 0 aliphatic carbocycles. The van der Waals surface area contributed by atoms with Crippen molar-refractivity contribution in [3.05, 3.63) is 70.2 Å². The zero-order chi connectivity index (χ0) is 23.5. The van der Waals surface area contributed by atoms with Crippen LogP contribution in [0.3, 0.4) is 0 Å². The second-order valence-corrected chi connectivity index (χ2v) is 9.57. The van der Waals surface area contributed by atoms with Gasteiger partial charge in [0.25, 0.3) is 5.91 Å². The predicted molar refractivity (Wildman–Crippen MR) is 137 cm³/mol. The van der Waals surface area contributed by atoms with Crippen LogP contribution in [0.1, 0.15) is 30.6 Å². The van der Waals surface area contributed by atoms with E-state index >= 15 is 0 Å². The maximum Gasteiger partial charge on any atom is 0.256 e. The first-order chi connectivity index (χ1) is 15.8. The summed E-state index contributed by atoms with van der Waals surface area (Å²) >= 11 is 12.6. The van der Waals surface area contributed by atoms with Crippen molar-refractivity contribution < 1.29 is 9.59 Å². The van der Waals surface area contributed by atoms with Gasteiger partial charge in [-0.15, -0.1) is 0 Å². The summed E-state index contributed by atoms with van der Waals surface area (Å²) in [5.41, 5.74) is 2.08. The number of amides is 2. The largest absolute Gasteiger partial charge is 0.366 e. The molecule has 1 N–H and O–H groups in total. The average Bonchev–Trinajstić information content (AvgIpc) is 2.79. The van der Waals surface area contributed by atoms with Crippen molar-refractivity contribution in [2.75, 3.05) is 36.4 Å². The molecule has 0 saturated carbocycles. The highest BCUT2D eigenvalue weighted by molar-refractivity contribution is 6.36. The van der Waals surface area contributed by atoms with Gasteiger partial charge in [-0.25, -0.2) is 0 Å². The molecule has 1 fully saturated rings. The fraction of sp³-hybridized carbons (Fsp3) is 0.308. The number of piperazine rings is 1. The van der Waals surface area contributed by atoms with Crippen LogP contribution in [-0.2, 0) is 4.79 Å². The van der Waals surface area contributed by atoms with Crippen LogP contribution in [0.25, 0.3) is 10.8 Å². The minimum atomic E-state index is -0.225. The Labute approximate surface area is 204 Å². The lowest BCUT2D eigenvalue weighted by atomic mass is 10.0. The highest BCUT2D eigenvalue weighted by atomic mass is 35.5. The quantitative estimate of drug-likeness (QED) is 0.477. The van der Waals surface area contributed by atoms with Gasteiger partial charge in [-0.3, -0.25) is 9.59 Å². The maximum atomic E-state index is 13.3. The zero-order valence-electron chi connectivity index (χ0n) is 18.8. The van der Waals surface area contributed by atoms with Gasteiger partial charge >= 0.3 is 0 Å². The zero-order valence-corrected chi connectivity index (χ0v) is 20.3. The molecular formula is C26H27Cl2N3O2. The number of hydrogen-bond acceptors (Lipinski definition) is 3. The summed E-state index contributed by atoms with van der Waals surface area (Å²) in [5.74, 6) is 0.318. The van der Waals surface area contributed by atoms with E-state index in [0.717, 1.165) is 16.5 Å². The van der Waals surface area contributed by atoms with Crippen LogP contribution in [0.2, 0.25) is 10.0 Å². The average molecular weight is 484 g/mol. The summed E-state index contributed by atoms with van der Waals surface area (Å²) in [6, 6.07) is 16.6. The summed E-state index contributed by atoms with van der Waals surface area (Å²) in [4.78, 5) is 29.8. The molecule has 0 unspecified atom stereocenters. The third-order valence-corrected chi connectivity index (χ3v) is 6.44. The Balaban J connectivity index is 1.55. The van der Waals surface area contributed by atoms with Crippen LogP contribution in [-0.4, -0.2) is 42.9 Å². The fourth-order valence-electron chi connectivity index (χ4n) is 4.22. The van der Waals surface area contributed by atoms with Crippen LogP contribution < -0.4 is 10.2 Å². The number of hydrogen-bond donors (Lipinski definition) is 1. The Morgan fingerprint density at radius 3 is 2.36 bits per heavy atom. The minimum absolute atomic E-state index is 0.198. The molecule has 33 heavy (non-hydrogen) atoms. The van der Waals surface area contributed by atoms with E-state index in [1.165, 1.54) is 0 Å². The molecule has 0 radical (unpaired) electrons. The van der Waals surface area contributed by atoms with E-state index in [9.17, 15) is 9.59 Å². The van der Waals surface area contributed by atoms with Gasteiger partial charge in [0.15, 0.2) is 0 Å². The number of nitrogens with zero attached hydrogens (tertiary/aromatic N) is 2. The number of nitrogens with one attached hydrogen (secondary N) is 1. The Morgan fingerprint density at radius 1 is 0.939 bits per heavy atom. The molecule has 0 spiro atoms. The van der Waals surface area contributed by atoms with E-state index in [2.05, 4.69) is 24.1 Å². The Morgan fingerprint density at radius 2 is 1.64 bits per heavy atom. The van der Waals surface area contributed by atoms with E-state index in [0.29, 0.717) is 59.8 Å². The Kier molecular flexibility index (Phi) is 7.11. The van der Waals surface area contributed by atoms with Crippen molar-refractivity contribution in [3.63, 3.8) is 0 Å². The molecule has 1 aliphatic rings. The molecule has 4 rings (SSSR count). The first kappa shape index (κ1) is 23.4. The molecule has 2 amide bonds. The number of halogens is 2. The van der Waals surface area contributed by atoms with E-state index in [1.807, 2.05) is 47.4 Å². The van der Waals surface area contributed by atoms with Crippen LogP contribution in [0.5, 0.6) is 0 Å². The molecular weight excluding hydrogens is 457 g/mol. The summed E-state index contributed by atoms with van der Waals surface area (Å²) in [6.45, 7) is 6.81. The number of fused-ring (bicyclic) bond motifs is 1. The van der Waals surface area contributed by atoms with Crippen LogP contribution in [0.4, 0.5) is 11.4 Å². The highest BCUT2D eigenvalue weighted by Crippen LogP contribution is 2.32. The molecule has 1 saturated heterocycles. The lowest BCUT2D eigenvalue weighted by Gasteiger charge is -2.37. The lowest BCUT2D eigenvalue weighted by Crippen LogP contribution is -2.49. The van der Waals surface area contributed by atoms with Gasteiger partial charge in [0.1, 0.15) is 0 Å². The second-order valence-electron chi connectivity index (χ2n) is 8.72. The SMILES string of the molecule is CC(C)CC(=O)N1CCN(c2ccc(Cl)cc2NC(=O)c2cccc3c(Cl)cccc23)CC1. The van der Waals surface area contributed by atoms with Gasteiger partial charge in [0, 0.05) is 53.6 Å². The lowest BCUT2D eigenvalue weighted by molar-refractivity contribution is -0.132. The van der Waals surface area contributed by atoms with Crippen molar-refractivity contribution >= 4 is 57.2 Å². The smallest absolute Gasteiger partial charge is 0.256 e. The van der Waals surface area contributed by atoms with Crippen molar-refractivity contribution in [1.82, 2.24) is 4.90 Å². The highest BCUT2D eigenvalue weighted by Gasteiger charge is 2.24. The number of rotatable bonds is 5. The summed E-state index contributed by atoms with van der Waals surface area (Å²) < 4.78 is 0. The van der Waals surface area contributed by atoms with Crippen LogP contribution >= 0.6 is 23.2 Å². The molecule has 5 nitrogen and oxygen atoms in total. The van der Waals surface area contributed by atoms with Crippen molar-refractivity contribution in [1.29, 1.82) is 0 Å². The van der Waals surface area contributed by atoms with E-state index in [4.69, 9.17) is 23.2 Å². The van der Waals surface area contributed by atoms with Crippen LogP contribution in [0, 0.1) is 5.92 Å². The number of benzene rings is 3. The number of anilines is 2. The van der Waals surface area contributed by atoms with E-state index in [-0.39, 0.29) is 11.8 Å². The third-order valence-electron chi connectivity index (χ3n) is 5.88. The minimum Gasteiger partial charge on any atom is -0.366 e. The molecule has 0 aromatic heterocycles. The monoisotopic (exact) mass is 483 g/mol. The van der Waals surface area contributed by atoms with Crippen molar-refractivity contribution in [2.45, 2.75) is 20.3 Å². The molecule has 1 aliphatic heterocycles. The first-order valence-corrected chi connectivity index (χ1v) is 11.9. The predicted octanol–water partition coefficient (Wildman–Crippen LogP) is 6.09. The maximum absolute atomic E-state index is 13.3. The number of carbonyl (C=O) groups excluding carboxylic acids is 2. The van der Waals surface area contributed by atoms with Crippen LogP contribution in [0.15, 0.2) is 54.6 Å². The van der Waals surface area contributed by atoms with Gasteiger partial charge in [-0.05, 0) is 41.6 Å². The normalized spacial score (nSPS) is 14.1. The summed E-state index contributed by atoms with van der Waals surface area (Å²) in [5, 5.41) is 5.83. The van der Waals surface area contributed by atoms with Gasteiger partial charge in [0.05, 0.1) is 11.4 Å². The molecule has 3 aromatic carbocycles. The van der Waals surface area contributed by atoms with Crippen molar-refractivity contribution in [2.24, 2.45) is 5.92 Å². The van der Waals surface area contributed by atoms with E-state index in [1.54, 1.807) is 12.1 Å². The molecule has 1 heterocycles. The topological polar surface area (TPSA) is 52.7 Å². The molecule has 172 valence electrons. The summed E-state index contributed by atoms with van der Waals surface area (Å²) in [6.07, 6.45) is 0.567. The Hall–Kier alpha value is -2.76. The molecule has 0 atom stereocenters. The van der Waals surface area contributed by atoms with Crippen molar-refractivity contribution in [3.8, 4) is 0 Å². The standard InChI is InChI=1S/C26H27Cl2N3O2/c1-17(2)15-25(32)31-13-11-30(12-14-31)24-10-9-18(27)16-23(24)29-26(33)21-7-3-6-20-19(21)5-4-8-22(20)28/h3-10,16-17H,11-15H2,1-2H3,(H,29,33). The number of carbonyl (C=O) groups is 2. The van der Waals surface area contributed by atoms with Gasteiger partial charge < -0.3 is 15.1 Å². The molecule has 3 aromatic rings. The third kappa shape index (κ3) is 5.26. The summed E-state index contributed by atoms with van der Waals surface area (Å²) in [7, 11) is 0. The Bertz CT molecular complexity index is 1190. The van der Waals surface area contributed by atoms with Gasteiger partial charge in [-0.1, -0.05) is 61.3 Å². The molecule has 0 bridgehead atoms. The van der Waals surface area contributed by atoms with Gasteiger partial charge in [-0.2, -0.15) is 0 Å².